The average Bonchev–Trinajstić information content (AvgIpc) is 0.790. The van der Waals surface area contributed by atoms with E-state index in [0.29, 0.717) is 6.42 Å². The van der Waals surface area contributed by atoms with Crippen molar-refractivity contribution in [1.29, 1.82) is 0 Å². The first-order chi connectivity index (χ1) is 49.1. The van der Waals surface area contributed by atoms with Gasteiger partial charge in [0.25, 0.3) is 0 Å². The predicted molar refractivity (Wildman–Crippen MR) is 415 cm³/mol. The van der Waals surface area contributed by atoms with E-state index in [1.807, 2.05) is 6.08 Å². The fourth-order valence-electron chi connectivity index (χ4n) is 12.8. The maximum Gasteiger partial charge on any atom is 0.220 e. The van der Waals surface area contributed by atoms with Gasteiger partial charge in [0.15, 0.2) is 12.6 Å². The van der Waals surface area contributed by atoms with Crippen molar-refractivity contribution >= 4 is 5.91 Å². The van der Waals surface area contributed by atoms with Gasteiger partial charge in [0.1, 0.15) is 48.8 Å². The highest BCUT2D eigenvalue weighted by Gasteiger charge is 2.51. The largest absolute Gasteiger partial charge is 0.394 e. The number of amides is 1. The Balaban J connectivity index is 1.64. The van der Waals surface area contributed by atoms with Gasteiger partial charge in [-0.3, -0.25) is 4.79 Å². The van der Waals surface area contributed by atoms with Crippen LogP contribution in [0, 0.1) is 0 Å². The van der Waals surface area contributed by atoms with E-state index in [0.717, 1.165) is 122 Å². The molecule has 14 heteroatoms. The number of nitrogens with one attached hydrogen (secondary N) is 1. The normalized spacial score (nSPS) is 22.5. The van der Waals surface area contributed by atoms with E-state index < -0.39 is 86.8 Å². The van der Waals surface area contributed by atoms with Gasteiger partial charge < -0.3 is 65.1 Å². The molecule has 0 saturated carbocycles. The summed E-state index contributed by atoms with van der Waals surface area (Å²) in [4.78, 5) is 13.4. The molecule has 12 unspecified atom stereocenters. The van der Waals surface area contributed by atoms with Crippen molar-refractivity contribution in [3.63, 3.8) is 0 Å². The van der Waals surface area contributed by atoms with Crippen LogP contribution in [-0.2, 0) is 23.7 Å². The quantitative estimate of drug-likeness (QED) is 0.0204. The van der Waals surface area contributed by atoms with E-state index >= 15 is 0 Å². The van der Waals surface area contributed by atoms with Crippen molar-refractivity contribution in [2.75, 3.05) is 19.8 Å². The molecule has 0 aliphatic carbocycles. The first-order valence-electron chi connectivity index (χ1n) is 40.8. The van der Waals surface area contributed by atoms with Crippen LogP contribution >= 0.6 is 0 Å². The number of rotatable bonds is 67. The van der Waals surface area contributed by atoms with Gasteiger partial charge in [0.05, 0.1) is 32.0 Å². The Kier molecular flexibility index (Phi) is 63.3. The molecule has 0 bridgehead atoms. The van der Waals surface area contributed by atoms with Crippen LogP contribution in [0.25, 0.3) is 0 Å². The van der Waals surface area contributed by atoms with Crippen LogP contribution in [0.5, 0.6) is 0 Å². The summed E-state index contributed by atoms with van der Waals surface area (Å²) >= 11 is 0. The second-order valence-electron chi connectivity index (χ2n) is 28.2. The molecule has 0 radical (unpaired) electrons. The smallest absolute Gasteiger partial charge is 0.220 e. The molecule has 9 N–H and O–H groups in total. The number of carbonyl (C=O) groups is 1. The third kappa shape index (κ3) is 50.7. The molecule has 0 aromatic rings. The summed E-state index contributed by atoms with van der Waals surface area (Å²) in [5.41, 5.74) is 0. The van der Waals surface area contributed by atoms with E-state index in [2.05, 4.69) is 129 Å². The molecule has 14 nitrogen and oxygen atoms in total. The van der Waals surface area contributed by atoms with Crippen molar-refractivity contribution in [3.05, 3.63) is 122 Å². The number of aliphatic hydroxyl groups excluding tert-OH is 8. The highest BCUT2D eigenvalue weighted by Crippen LogP contribution is 2.30. The van der Waals surface area contributed by atoms with Crippen molar-refractivity contribution in [3.8, 4) is 0 Å². The summed E-state index contributed by atoms with van der Waals surface area (Å²) < 4.78 is 22.9. The molecular formula is C86H149NO13. The summed E-state index contributed by atoms with van der Waals surface area (Å²) in [5.74, 6) is -0.252. The number of unbranched alkanes of at least 4 members (excludes halogenated alkanes) is 36. The standard InChI is InChI=1S/C86H149NO13/c1-3-5-7-9-11-13-15-17-19-21-23-25-27-29-31-33-35-36-37-38-40-42-44-46-48-50-52-54-56-58-60-62-64-66-68-70-78(91)87-74(73-97-85-83(96)81(94)84(77(72-89)99-85)100-86-82(95)80(93)79(92)76(71-88)98-86)75(90)69-67-65-63-61-59-57-55-53-51-49-47-45-43-41-39-34-32-30-28-26-24-22-20-18-16-14-12-10-8-6-4-2/h5,7,11,13,17,19,23,25,29,31,35-36,38,40,44,46,50,52,67,69,74-77,79-86,88-90,92-96H,3-4,6,8-10,12,14-16,18,20-22,24,26-28,30,32-34,37,39,41-43,45,47-49,51,53-66,68,70-73H2,1-2H3,(H,87,91)/b7-5-,13-11-,19-17-,25-23-,31-29-,36-35-,40-38-,46-44-,52-50-,69-67+. The summed E-state index contributed by atoms with van der Waals surface area (Å²) in [7, 11) is 0. The third-order valence-electron chi connectivity index (χ3n) is 19.2. The maximum absolute atomic E-state index is 13.4. The molecule has 2 rings (SSSR count). The number of hydrogen-bond donors (Lipinski definition) is 9. The molecule has 12 atom stereocenters. The van der Waals surface area contributed by atoms with Crippen LogP contribution in [0.3, 0.4) is 0 Å². The Hall–Kier alpha value is -3.61. The van der Waals surface area contributed by atoms with E-state index in [4.69, 9.17) is 18.9 Å². The molecule has 0 aromatic heterocycles. The van der Waals surface area contributed by atoms with Crippen molar-refractivity contribution < 1.29 is 64.6 Å². The zero-order chi connectivity index (χ0) is 72.2. The van der Waals surface area contributed by atoms with Crippen LogP contribution in [0.2, 0.25) is 0 Å². The lowest BCUT2D eigenvalue weighted by atomic mass is 9.97. The molecule has 2 fully saturated rings. The summed E-state index contributed by atoms with van der Waals surface area (Å²) in [6, 6.07) is -0.932. The highest BCUT2D eigenvalue weighted by atomic mass is 16.7. The molecule has 2 heterocycles. The van der Waals surface area contributed by atoms with Crippen molar-refractivity contribution in [1.82, 2.24) is 5.32 Å². The second-order valence-corrected chi connectivity index (χ2v) is 28.2. The molecule has 2 aliphatic heterocycles. The molecule has 1 amide bonds. The minimum absolute atomic E-state index is 0.252. The van der Waals surface area contributed by atoms with Gasteiger partial charge in [-0.2, -0.15) is 0 Å². The molecule has 576 valence electrons. The predicted octanol–water partition coefficient (Wildman–Crippen LogP) is 18.8. The Morgan fingerprint density at radius 1 is 0.370 bits per heavy atom. The Bertz CT molecular complexity index is 2150. The zero-order valence-corrected chi connectivity index (χ0v) is 63.2. The van der Waals surface area contributed by atoms with E-state index in [1.165, 1.54) is 173 Å². The minimum atomic E-state index is -1.80. The maximum atomic E-state index is 13.4. The van der Waals surface area contributed by atoms with Gasteiger partial charge in [-0.25, -0.2) is 0 Å². The molecule has 100 heavy (non-hydrogen) atoms. The Morgan fingerprint density at radius 3 is 1.06 bits per heavy atom. The first kappa shape index (κ1) is 92.5. The Morgan fingerprint density at radius 2 is 0.690 bits per heavy atom. The van der Waals surface area contributed by atoms with Crippen LogP contribution in [0.1, 0.15) is 322 Å². The molecule has 2 aliphatic rings. The number of carbonyl (C=O) groups excluding carboxylic acids is 1. The van der Waals surface area contributed by atoms with E-state index in [1.54, 1.807) is 6.08 Å². The monoisotopic (exact) mass is 1400 g/mol. The van der Waals surface area contributed by atoms with Crippen LogP contribution in [0.4, 0.5) is 0 Å². The van der Waals surface area contributed by atoms with E-state index in [9.17, 15) is 45.6 Å². The number of ether oxygens (including phenoxy) is 4. The summed E-state index contributed by atoms with van der Waals surface area (Å²) in [5, 5.41) is 87.7. The number of allylic oxidation sites excluding steroid dienone is 19. The highest BCUT2D eigenvalue weighted by molar-refractivity contribution is 5.76. The molecule has 2 saturated heterocycles. The van der Waals surface area contributed by atoms with Gasteiger partial charge in [-0.1, -0.05) is 347 Å². The lowest BCUT2D eigenvalue weighted by molar-refractivity contribution is -0.359. The summed E-state index contributed by atoms with van der Waals surface area (Å²) in [6.07, 6.45) is 84.1. The van der Waals surface area contributed by atoms with Gasteiger partial charge in [0, 0.05) is 6.42 Å². The first-order valence-corrected chi connectivity index (χ1v) is 40.8. The van der Waals surface area contributed by atoms with Gasteiger partial charge >= 0.3 is 0 Å². The number of aliphatic hydroxyl groups is 8. The van der Waals surface area contributed by atoms with Crippen LogP contribution in [0.15, 0.2) is 122 Å². The minimum Gasteiger partial charge on any atom is -0.394 e. The van der Waals surface area contributed by atoms with Gasteiger partial charge in [-0.05, 0) is 89.9 Å². The lowest BCUT2D eigenvalue weighted by Crippen LogP contribution is -2.65. The summed E-state index contributed by atoms with van der Waals surface area (Å²) in [6.45, 7) is 2.71. The van der Waals surface area contributed by atoms with Crippen molar-refractivity contribution in [2.24, 2.45) is 0 Å². The van der Waals surface area contributed by atoms with E-state index in [-0.39, 0.29) is 18.9 Å². The lowest BCUT2D eigenvalue weighted by Gasteiger charge is -2.46. The Labute approximate surface area is 609 Å². The topological polar surface area (TPSA) is 228 Å². The van der Waals surface area contributed by atoms with Gasteiger partial charge in [0.2, 0.25) is 5.91 Å². The number of hydrogen-bond acceptors (Lipinski definition) is 13. The SMILES string of the molecule is CC/C=C\C/C=C\C/C=C\C/C=C\C/C=C\C/C=C\C/C=C\C/C=C\C/C=C\CCCCCCCCCC(=O)NC(COC1OC(CO)C(OC2OC(CO)C(O)C(O)C2O)C(O)C1O)C(O)/C=C/CCCCCCCCCCCCCCCCCCCCCCCCCCCCCCC. The van der Waals surface area contributed by atoms with Crippen molar-refractivity contribution in [2.45, 2.75) is 396 Å². The zero-order valence-electron chi connectivity index (χ0n) is 63.2. The van der Waals surface area contributed by atoms with Crippen LogP contribution in [-0.4, -0.2) is 140 Å². The molecule has 0 spiro atoms. The fourth-order valence-corrected chi connectivity index (χ4v) is 12.8. The molecular weight excluding hydrogens is 1250 g/mol. The third-order valence-corrected chi connectivity index (χ3v) is 19.2. The second kappa shape index (κ2) is 68.5. The van der Waals surface area contributed by atoms with Gasteiger partial charge in [-0.15, -0.1) is 0 Å². The van der Waals surface area contributed by atoms with Crippen LogP contribution < -0.4 is 5.32 Å². The molecule has 0 aromatic carbocycles. The fraction of sp³-hybridized carbons (Fsp3) is 0.756. The average molecular weight is 1410 g/mol.